The van der Waals surface area contributed by atoms with E-state index in [2.05, 4.69) is 12.2 Å². The summed E-state index contributed by atoms with van der Waals surface area (Å²) in [5, 5.41) is 3.08. The third kappa shape index (κ3) is 3.23. The molecule has 2 rings (SSSR count). The molecule has 3 N–H and O–H groups in total. The van der Waals surface area contributed by atoms with Gasteiger partial charge >= 0.3 is 0 Å². The molecule has 1 aliphatic carbocycles. The van der Waals surface area contributed by atoms with Crippen molar-refractivity contribution < 1.29 is 9.53 Å². The molecule has 0 spiro atoms. The Morgan fingerprint density at radius 1 is 1.39 bits per heavy atom. The number of hydrogen-bond acceptors (Lipinski definition) is 3. The SMILES string of the molecule is CC1(CNC(=O)C2CCCCC2CN)CCCO1. The lowest BCUT2D eigenvalue weighted by molar-refractivity contribution is -0.128. The zero-order chi connectivity index (χ0) is 13.0. The van der Waals surface area contributed by atoms with E-state index in [-0.39, 0.29) is 17.4 Å². The number of ether oxygens (including phenoxy) is 1. The zero-order valence-corrected chi connectivity index (χ0v) is 11.4. The summed E-state index contributed by atoms with van der Waals surface area (Å²) in [7, 11) is 0. The Labute approximate surface area is 110 Å². The number of nitrogens with one attached hydrogen (secondary N) is 1. The zero-order valence-electron chi connectivity index (χ0n) is 11.4. The number of carbonyl (C=O) groups is 1. The quantitative estimate of drug-likeness (QED) is 0.798. The molecule has 0 radical (unpaired) electrons. The van der Waals surface area contributed by atoms with Crippen LogP contribution < -0.4 is 11.1 Å². The Kier molecular flexibility index (Phi) is 4.62. The Bertz CT molecular complexity index is 288. The van der Waals surface area contributed by atoms with Crippen molar-refractivity contribution in [2.24, 2.45) is 17.6 Å². The Hall–Kier alpha value is -0.610. The second kappa shape index (κ2) is 6.02. The molecule has 0 aromatic heterocycles. The van der Waals surface area contributed by atoms with Gasteiger partial charge in [-0.3, -0.25) is 4.79 Å². The van der Waals surface area contributed by atoms with E-state index in [4.69, 9.17) is 10.5 Å². The van der Waals surface area contributed by atoms with Gasteiger partial charge in [0, 0.05) is 19.1 Å². The van der Waals surface area contributed by atoms with Gasteiger partial charge < -0.3 is 15.8 Å². The van der Waals surface area contributed by atoms with Crippen LogP contribution in [0.15, 0.2) is 0 Å². The summed E-state index contributed by atoms with van der Waals surface area (Å²) in [4.78, 5) is 12.2. The van der Waals surface area contributed by atoms with Gasteiger partial charge in [-0.05, 0) is 45.1 Å². The Morgan fingerprint density at radius 2 is 2.17 bits per heavy atom. The van der Waals surface area contributed by atoms with E-state index in [9.17, 15) is 4.79 Å². The van der Waals surface area contributed by atoms with Crippen molar-refractivity contribution in [2.75, 3.05) is 19.7 Å². The van der Waals surface area contributed by atoms with Gasteiger partial charge in [-0.1, -0.05) is 12.8 Å². The third-order valence-electron chi connectivity index (χ3n) is 4.49. The topological polar surface area (TPSA) is 64.4 Å². The predicted molar refractivity (Wildman–Crippen MR) is 71.1 cm³/mol. The van der Waals surface area contributed by atoms with Crippen molar-refractivity contribution in [1.29, 1.82) is 0 Å². The molecular weight excluding hydrogens is 228 g/mol. The molecule has 0 aromatic carbocycles. The minimum absolute atomic E-state index is 0.119. The first-order valence-electron chi connectivity index (χ1n) is 7.26. The molecule has 2 fully saturated rings. The molecule has 1 heterocycles. The lowest BCUT2D eigenvalue weighted by Crippen LogP contribution is -2.45. The largest absolute Gasteiger partial charge is 0.373 e. The van der Waals surface area contributed by atoms with Crippen LogP contribution in [0.4, 0.5) is 0 Å². The minimum Gasteiger partial charge on any atom is -0.373 e. The van der Waals surface area contributed by atoms with Crippen molar-refractivity contribution in [3.05, 3.63) is 0 Å². The molecular formula is C14H26N2O2. The maximum atomic E-state index is 12.2. The first-order valence-corrected chi connectivity index (χ1v) is 7.26. The fraction of sp³-hybridized carbons (Fsp3) is 0.929. The molecule has 18 heavy (non-hydrogen) atoms. The standard InChI is InChI=1S/C14H26N2O2/c1-14(7-4-8-18-14)10-16-13(17)12-6-3-2-5-11(12)9-15/h11-12H,2-10,15H2,1H3,(H,16,17). The van der Waals surface area contributed by atoms with Crippen LogP contribution >= 0.6 is 0 Å². The molecule has 1 amide bonds. The first kappa shape index (κ1) is 13.8. The van der Waals surface area contributed by atoms with Crippen molar-refractivity contribution in [2.45, 2.75) is 51.0 Å². The smallest absolute Gasteiger partial charge is 0.223 e. The summed E-state index contributed by atoms with van der Waals surface area (Å²) in [5.74, 6) is 0.673. The lowest BCUT2D eigenvalue weighted by Gasteiger charge is -2.31. The van der Waals surface area contributed by atoms with Gasteiger partial charge in [0.2, 0.25) is 5.91 Å². The molecule has 3 unspecified atom stereocenters. The highest BCUT2D eigenvalue weighted by atomic mass is 16.5. The van der Waals surface area contributed by atoms with Gasteiger partial charge in [0.25, 0.3) is 0 Å². The molecule has 4 nitrogen and oxygen atoms in total. The molecule has 3 atom stereocenters. The van der Waals surface area contributed by atoms with E-state index >= 15 is 0 Å². The fourth-order valence-electron chi connectivity index (χ4n) is 3.22. The van der Waals surface area contributed by atoms with Crippen LogP contribution in [0.3, 0.4) is 0 Å². The summed E-state index contributed by atoms with van der Waals surface area (Å²) in [6.07, 6.45) is 6.60. The highest BCUT2D eigenvalue weighted by Gasteiger charge is 2.33. The minimum atomic E-state index is -0.150. The van der Waals surface area contributed by atoms with Gasteiger partial charge in [-0.15, -0.1) is 0 Å². The summed E-state index contributed by atoms with van der Waals surface area (Å²) < 4.78 is 5.69. The third-order valence-corrected chi connectivity index (χ3v) is 4.49. The Balaban J connectivity index is 1.82. The van der Waals surface area contributed by atoms with Crippen LogP contribution in [-0.4, -0.2) is 31.2 Å². The second-order valence-electron chi connectivity index (χ2n) is 6.01. The summed E-state index contributed by atoms with van der Waals surface area (Å²) in [6, 6.07) is 0. The van der Waals surface area contributed by atoms with Gasteiger partial charge in [-0.25, -0.2) is 0 Å². The number of amides is 1. The molecule has 2 aliphatic rings. The van der Waals surface area contributed by atoms with Crippen LogP contribution in [0.25, 0.3) is 0 Å². The molecule has 0 aromatic rings. The van der Waals surface area contributed by atoms with Gasteiger partial charge in [0.1, 0.15) is 0 Å². The summed E-state index contributed by atoms with van der Waals surface area (Å²) in [5.41, 5.74) is 5.62. The van der Waals surface area contributed by atoms with E-state index in [1.807, 2.05) is 0 Å². The number of carbonyl (C=O) groups excluding carboxylic acids is 1. The average molecular weight is 254 g/mol. The normalized spacial score (nSPS) is 36.6. The molecule has 1 aliphatic heterocycles. The molecule has 4 heteroatoms. The van der Waals surface area contributed by atoms with Crippen LogP contribution in [0, 0.1) is 11.8 Å². The predicted octanol–water partition coefficient (Wildman–Crippen LogP) is 1.44. The summed E-state index contributed by atoms with van der Waals surface area (Å²) in [6.45, 7) is 4.17. The van der Waals surface area contributed by atoms with Crippen molar-refractivity contribution in [3.8, 4) is 0 Å². The summed E-state index contributed by atoms with van der Waals surface area (Å²) >= 11 is 0. The van der Waals surface area contributed by atoms with Gasteiger partial charge in [-0.2, -0.15) is 0 Å². The molecule has 1 saturated heterocycles. The van der Waals surface area contributed by atoms with Crippen LogP contribution in [-0.2, 0) is 9.53 Å². The lowest BCUT2D eigenvalue weighted by atomic mass is 9.78. The van der Waals surface area contributed by atoms with E-state index in [0.717, 1.165) is 38.7 Å². The average Bonchev–Trinajstić information content (AvgIpc) is 2.83. The van der Waals surface area contributed by atoms with Crippen molar-refractivity contribution in [3.63, 3.8) is 0 Å². The molecule has 1 saturated carbocycles. The Morgan fingerprint density at radius 3 is 2.83 bits per heavy atom. The maximum absolute atomic E-state index is 12.2. The van der Waals surface area contributed by atoms with Crippen molar-refractivity contribution in [1.82, 2.24) is 5.32 Å². The van der Waals surface area contributed by atoms with Crippen LogP contribution in [0.2, 0.25) is 0 Å². The monoisotopic (exact) mass is 254 g/mol. The number of rotatable bonds is 4. The first-order chi connectivity index (χ1) is 8.64. The van der Waals surface area contributed by atoms with Gasteiger partial charge in [0.05, 0.1) is 5.60 Å². The fourth-order valence-corrected chi connectivity index (χ4v) is 3.22. The van der Waals surface area contributed by atoms with Crippen molar-refractivity contribution >= 4 is 5.91 Å². The number of nitrogens with two attached hydrogens (primary N) is 1. The van der Waals surface area contributed by atoms with E-state index in [1.54, 1.807) is 0 Å². The van der Waals surface area contributed by atoms with E-state index < -0.39 is 0 Å². The van der Waals surface area contributed by atoms with Gasteiger partial charge in [0.15, 0.2) is 0 Å². The number of hydrogen-bond donors (Lipinski definition) is 2. The van der Waals surface area contributed by atoms with E-state index in [0.29, 0.717) is 19.0 Å². The van der Waals surface area contributed by atoms with Crippen LogP contribution in [0.1, 0.15) is 45.4 Å². The highest BCUT2D eigenvalue weighted by Crippen LogP contribution is 2.30. The highest BCUT2D eigenvalue weighted by molar-refractivity contribution is 5.79. The second-order valence-corrected chi connectivity index (χ2v) is 6.01. The molecule has 104 valence electrons. The molecule has 0 bridgehead atoms. The van der Waals surface area contributed by atoms with Crippen LogP contribution in [0.5, 0.6) is 0 Å². The maximum Gasteiger partial charge on any atom is 0.223 e. The van der Waals surface area contributed by atoms with E-state index in [1.165, 1.54) is 6.42 Å².